The molecule has 1 heterocycles. The highest BCUT2D eigenvalue weighted by molar-refractivity contribution is 7.21. The minimum Gasteiger partial charge on any atom is -0.507 e. The van der Waals surface area contributed by atoms with E-state index in [1.54, 1.807) is 24.3 Å². The van der Waals surface area contributed by atoms with Gasteiger partial charge < -0.3 is 15.7 Å². The molecule has 0 fully saturated rings. The van der Waals surface area contributed by atoms with Crippen LogP contribution in [0, 0.1) is 0 Å². The molecule has 0 radical (unpaired) electrons. The van der Waals surface area contributed by atoms with Gasteiger partial charge in [-0.2, -0.15) is 0 Å². The third-order valence-corrected chi connectivity index (χ3v) is 6.27. The number of halogens is 2. The van der Waals surface area contributed by atoms with Crippen LogP contribution in [0.15, 0.2) is 66.7 Å². The number of nitrogens with one attached hydrogen (secondary N) is 2. The summed E-state index contributed by atoms with van der Waals surface area (Å²) in [5.41, 5.74) is 0.956. The average Bonchev–Trinajstić information content (AvgIpc) is 3.07. The van der Waals surface area contributed by atoms with Gasteiger partial charge in [-0.3, -0.25) is 9.59 Å². The Morgan fingerprint density at radius 1 is 0.833 bits per heavy atom. The Bertz CT molecular complexity index is 1270. The standard InChI is InChI=1S/C22H14Cl2N2O3S/c23-12-5-7-13(8-6-12)25-21(28)15-10-9-14(11-17(15)27)26-22(29)20-19(24)16-3-1-2-4-18(16)30-20/h1-11,27H,(H,25,28)(H,26,29). The van der Waals surface area contributed by atoms with Crippen LogP contribution in [0.25, 0.3) is 10.1 Å². The van der Waals surface area contributed by atoms with Crippen LogP contribution in [0.4, 0.5) is 11.4 Å². The van der Waals surface area contributed by atoms with Gasteiger partial charge in [0.05, 0.1) is 10.6 Å². The van der Waals surface area contributed by atoms with Crippen molar-refractivity contribution in [3.63, 3.8) is 0 Å². The van der Waals surface area contributed by atoms with Crippen molar-refractivity contribution in [3.05, 3.63) is 87.2 Å². The van der Waals surface area contributed by atoms with Gasteiger partial charge in [-0.05, 0) is 42.5 Å². The molecule has 0 aliphatic rings. The lowest BCUT2D eigenvalue weighted by Crippen LogP contribution is -2.13. The van der Waals surface area contributed by atoms with Crippen LogP contribution in [-0.2, 0) is 0 Å². The third kappa shape index (κ3) is 4.11. The molecule has 0 saturated carbocycles. The molecule has 1 aromatic heterocycles. The molecule has 0 aliphatic carbocycles. The molecule has 0 unspecified atom stereocenters. The van der Waals surface area contributed by atoms with Crippen molar-refractivity contribution in [3.8, 4) is 5.75 Å². The molecule has 150 valence electrons. The van der Waals surface area contributed by atoms with Crippen molar-refractivity contribution in [1.29, 1.82) is 0 Å². The highest BCUT2D eigenvalue weighted by atomic mass is 35.5. The van der Waals surface area contributed by atoms with Crippen molar-refractivity contribution < 1.29 is 14.7 Å². The van der Waals surface area contributed by atoms with Gasteiger partial charge in [-0.15, -0.1) is 11.3 Å². The highest BCUT2D eigenvalue weighted by Crippen LogP contribution is 2.35. The maximum atomic E-state index is 12.6. The number of rotatable bonds is 4. The zero-order valence-electron chi connectivity index (χ0n) is 15.3. The van der Waals surface area contributed by atoms with Crippen LogP contribution >= 0.6 is 34.5 Å². The van der Waals surface area contributed by atoms with E-state index < -0.39 is 5.91 Å². The van der Waals surface area contributed by atoms with E-state index in [0.717, 1.165) is 10.1 Å². The van der Waals surface area contributed by atoms with E-state index in [2.05, 4.69) is 10.6 Å². The second-order valence-corrected chi connectivity index (χ2v) is 8.25. The van der Waals surface area contributed by atoms with Crippen LogP contribution in [0.3, 0.4) is 0 Å². The number of phenols is 1. The Labute approximate surface area is 185 Å². The molecule has 3 aromatic carbocycles. The fourth-order valence-corrected chi connectivity index (χ4v) is 4.42. The van der Waals surface area contributed by atoms with Crippen molar-refractivity contribution in [2.75, 3.05) is 10.6 Å². The van der Waals surface area contributed by atoms with E-state index in [-0.39, 0.29) is 17.2 Å². The van der Waals surface area contributed by atoms with Crippen LogP contribution in [0.5, 0.6) is 5.75 Å². The lowest BCUT2D eigenvalue weighted by molar-refractivity contribution is 0.102. The maximum absolute atomic E-state index is 12.6. The predicted molar refractivity (Wildman–Crippen MR) is 122 cm³/mol. The van der Waals surface area contributed by atoms with E-state index in [9.17, 15) is 14.7 Å². The van der Waals surface area contributed by atoms with E-state index in [4.69, 9.17) is 23.2 Å². The summed E-state index contributed by atoms with van der Waals surface area (Å²) < 4.78 is 0.907. The van der Waals surface area contributed by atoms with E-state index in [1.807, 2.05) is 24.3 Å². The molecular formula is C22H14Cl2N2O3S. The maximum Gasteiger partial charge on any atom is 0.267 e. The SMILES string of the molecule is O=C(Nc1ccc(Cl)cc1)c1ccc(NC(=O)c2sc3ccccc3c2Cl)cc1O. The van der Waals surface area contributed by atoms with Crippen molar-refractivity contribution >= 4 is 67.8 Å². The van der Waals surface area contributed by atoms with E-state index in [0.29, 0.717) is 26.3 Å². The molecule has 4 aromatic rings. The van der Waals surface area contributed by atoms with E-state index >= 15 is 0 Å². The number of fused-ring (bicyclic) bond motifs is 1. The Kier molecular flexibility index (Phi) is 5.63. The molecule has 0 atom stereocenters. The lowest BCUT2D eigenvalue weighted by Gasteiger charge is -2.09. The second kappa shape index (κ2) is 8.36. The number of carbonyl (C=O) groups is 2. The number of phenolic OH excluding ortho intramolecular Hbond substituents is 1. The van der Waals surface area contributed by atoms with Gasteiger partial charge in [0.2, 0.25) is 0 Å². The number of anilines is 2. The summed E-state index contributed by atoms with van der Waals surface area (Å²) in [6, 6.07) is 18.4. The van der Waals surface area contributed by atoms with Gasteiger partial charge in [0.25, 0.3) is 11.8 Å². The Balaban J connectivity index is 1.51. The fraction of sp³-hybridized carbons (Fsp3) is 0. The van der Waals surface area contributed by atoms with Gasteiger partial charge in [0.1, 0.15) is 10.6 Å². The number of hydrogen-bond donors (Lipinski definition) is 3. The summed E-state index contributed by atoms with van der Waals surface area (Å²) in [5, 5.41) is 17.4. The molecule has 0 saturated heterocycles. The second-order valence-electron chi connectivity index (χ2n) is 6.39. The average molecular weight is 457 g/mol. The first-order valence-electron chi connectivity index (χ1n) is 8.80. The van der Waals surface area contributed by atoms with Gasteiger partial charge >= 0.3 is 0 Å². The summed E-state index contributed by atoms with van der Waals surface area (Å²) >= 11 is 13.5. The molecule has 3 N–H and O–H groups in total. The quantitative estimate of drug-likeness (QED) is 0.331. The zero-order valence-corrected chi connectivity index (χ0v) is 17.6. The van der Waals surface area contributed by atoms with Crippen molar-refractivity contribution in [2.45, 2.75) is 0 Å². The predicted octanol–water partition coefficient (Wildman–Crippen LogP) is 6.42. The summed E-state index contributed by atoms with van der Waals surface area (Å²) in [7, 11) is 0. The van der Waals surface area contributed by atoms with Gasteiger partial charge in [0.15, 0.2) is 0 Å². The number of aromatic hydroxyl groups is 1. The summed E-state index contributed by atoms with van der Waals surface area (Å²) in [5.74, 6) is -1.14. The molecule has 0 spiro atoms. The topological polar surface area (TPSA) is 78.4 Å². The number of hydrogen-bond acceptors (Lipinski definition) is 4. The fourth-order valence-electron chi connectivity index (χ4n) is 2.88. The van der Waals surface area contributed by atoms with Crippen LogP contribution in [0.1, 0.15) is 20.0 Å². The smallest absolute Gasteiger partial charge is 0.267 e. The molecule has 0 bridgehead atoms. The number of thiophene rings is 1. The molecule has 5 nitrogen and oxygen atoms in total. The molecule has 2 amide bonds. The zero-order chi connectivity index (χ0) is 21.3. The van der Waals surface area contributed by atoms with Gasteiger partial charge in [-0.1, -0.05) is 41.4 Å². The molecular weight excluding hydrogens is 443 g/mol. The molecule has 0 aliphatic heterocycles. The summed E-state index contributed by atoms with van der Waals surface area (Å²) in [4.78, 5) is 25.4. The van der Waals surface area contributed by atoms with Gasteiger partial charge in [0, 0.05) is 32.5 Å². The molecule has 8 heteroatoms. The number of amides is 2. The monoisotopic (exact) mass is 456 g/mol. The lowest BCUT2D eigenvalue weighted by atomic mass is 10.1. The van der Waals surface area contributed by atoms with Crippen molar-refractivity contribution in [1.82, 2.24) is 0 Å². The van der Waals surface area contributed by atoms with Crippen LogP contribution in [-0.4, -0.2) is 16.9 Å². The number of carbonyl (C=O) groups excluding carboxylic acids is 2. The summed E-state index contributed by atoms with van der Waals surface area (Å²) in [6.07, 6.45) is 0. The van der Waals surface area contributed by atoms with Crippen molar-refractivity contribution in [2.24, 2.45) is 0 Å². The normalized spacial score (nSPS) is 10.7. The van der Waals surface area contributed by atoms with E-state index in [1.165, 1.54) is 29.5 Å². The molecule has 30 heavy (non-hydrogen) atoms. The largest absolute Gasteiger partial charge is 0.507 e. The Morgan fingerprint density at radius 3 is 2.20 bits per heavy atom. The van der Waals surface area contributed by atoms with Gasteiger partial charge in [-0.25, -0.2) is 0 Å². The minimum atomic E-state index is -0.486. The highest BCUT2D eigenvalue weighted by Gasteiger charge is 2.18. The Morgan fingerprint density at radius 2 is 1.50 bits per heavy atom. The van der Waals surface area contributed by atoms with Crippen LogP contribution < -0.4 is 10.6 Å². The van der Waals surface area contributed by atoms with Crippen LogP contribution in [0.2, 0.25) is 10.0 Å². The Hall–Kier alpha value is -3.06. The number of benzene rings is 3. The first-order valence-corrected chi connectivity index (χ1v) is 10.4. The summed E-state index contributed by atoms with van der Waals surface area (Å²) in [6.45, 7) is 0. The minimum absolute atomic E-state index is 0.0721. The third-order valence-electron chi connectivity index (χ3n) is 4.34. The first kappa shape index (κ1) is 20.2. The molecule has 4 rings (SSSR count). The first-order chi connectivity index (χ1) is 14.4.